The molecule has 0 unspecified atom stereocenters. The Morgan fingerprint density at radius 1 is 0.967 bits per heavy atom. The number of carbonyl (C=O) groups excluding carboxylic acids is 1. The third-order valence-electron chi connectivity index (χ3n) is 4.56. The molecule has 0 saturated carbocycles. The summed E-state index contributed by atoms with van der Waals surface area (Å²) in [6, 6.07) is 20.2. The van der Waals surface area contributed by atoms with Gasteiger partial charge >= 0.3 is 5.97 Å². The van der Waals surface area contributed by atoms with Gasteiger partial charge in [-0.3, -0.25) is 0 Å². The van der Waals surface area contributed by atoms with Crippen LogP contribution in [-0.4, -0.2) is 12.6 Å². The highest BCUT2D eigenvalue weighted by atomic mass is 35.5. The van der Waals surface area contributed by atoms with Gasteiger partial charge in [0.05, 0.1) is 16.7 Å². The van der Waals surface area contributed by atoms with Crippen LogP contribution in [0.1, 0.15) is 22.8 Å². The van der Waals surface area contributed by atoms with Crippen LogP contribution in [0.4, 0.5) is 0 Å². The first kappa shape index (κ1) is 20.3. The highest BCUT2D eigenvalue weighted by molar-refractivity contribution is 6.42. The highest BCUT2D eigenvalue weighted by Gasteiger charge is 2.23. The van der Waals surface area contributed by atoms with Crippen LogP contribution >= 0.6 is 23.2 Å². The summed E-state index contributed by atoms with van der Waals surface area (Å²) in [5.74, 6) is 0.641. The molecule has 3 aromatic carbocycles. The van der Waals surface area contributed by atoms with Gasteiger partial charge < -0.3 is 13.9 Å². The monoisotopic (exact) mass is 440 g/mol. The summed E-state index contributed by atoms with van der Waals surface area (Å²) in [7, 11) is 0. The van der Waals surface area contributed by atoms with Gasteiger partial charge in [-0.2, -0.15) is 0 Å². The first-order chi connectivity index (χ1) is 14.6. The van der Waals surface area contributed by atoms with Gasteiger partial charge in [-0.15, -0.1) is 0 Å². The maximum atomic E-state index is 12.7. The molecule has 0 bridgehead atoms. The summed E-state index contributed by atoms with van der Waals surface area (Å²) in [6.45, 7) is 2.35. The average Bonchev–Trinajstić information content (AvgIpc) is 3.14. The van der Waals surface area contributed by atoms with Gasteiger partial charge in [0.2, 0.25) is 0 Å². The summed E-state index contributed by atoms with van der Waals surface area (Å²) in [5, 5.41) is 1.60. The Kier molecular flexibility index (Phi) is 5.98. The molecule has 4 aromatic rings. The van der Waals surface area contributed by atoms with E-state index in [2.05, 4.69) is 0 Å². The molecule has 0 saturated heterocycles. The third-order valence-corrected chi connectivity index (χ3v) is 5.30. The van der Waals surface area contributed by atoms with E-state index in [4.69, 9.17) is 37.1 Å². The molecule has 0 aliphatic heterocycles. The first-order valence-electron chi connectivity index (χ1n) is 9.42. The number of rotatable bonds is 6. The number of esters is 1. The van der Waals surface area contributed by atoms with Crippen LogP contribution in [0.3, 0.4) is 0 Å². The summed E-state index contributed by atoms with van der Waals surface area (Å²) in [5.41, 5.74) is 2.65. The molecular formula is C24H18Cl2O4. The zero-order valence-corrected chi connectivity index (χ0v) is 17.7. The Labute approximate surface area is 183 Å². The van der Waals surface area contributed by atoms with Crippen LogP contribution in [-0.2, 0) is 11.3 Å². The van der Waals surface area contributed by atoms with Gasteiger partial charge in [0.25, 0.3) is 0 Å². The Bertz CT molecular complexity index is 1200. The fourth-order valence-corrected chi connectivity index (χ4v) is 3.48. The van der Waals surface area contributed by atoms with Crippen molar-refractivity contribution >= 4 is 40.1 Å². The van der Waals surface area contributed by atoms with Crippen molar-refractivity contribution in [3.63, 3.8) is 0 Å². The molecule has 0 aliphatic carbocycles. The maximum absolute atomic E-state index is 12.7. The van der Waals surface area contributed by atoms with Crippen LogP contribution in [0, 0.1) is 0 Å². The first-order valence-corrected chi connectivity index (χ1v) is 10.2. The van der Waals surface area contributed by atoms with Crippen molar-refractivity contribution < 1.29 is 18.7 Å². The summed E-state index contributed by atoms with van der Waals surface area (Å²) >= 11 is 12.0. The van der Waals surface area contributed by atoms with E-state index in [9.17, 15) is 4.79 Å². The number of hydrogen-bond acceptors (Lipinski definition) is 4. The van der Waals surface area contributed by atoms with Crippen LogP contribution in [0.2, 0.25) is 10.0 Å². The highest BCUT2D eigenvalue weighted by Crippen LogP contribution is 2.36. The zero-order chi connectivity index (χ0) is 21.1. The predicted octanol–water partition coefficient (Wildman–Crippen LogP) is 7.16. The molecule has 0 atom stereocenters. The molecule has 4 rings (SSSR count). The molecule has 1 aromatic heterocycles. The lowest BCUT2D eigenvalue weighted by Gasteiger charge is -2.08. The van der Waals surface area contributed by atoms with Crippen molar-refractivity contribution in [2.45, 2.75) is 13.5 Å². The lowest BCUT2D eigenvalue weighted by atomic mass is 10.1. The fourth-order valence-electron chi connectivity index (χ4n) is 3.16. The smallest absolute Gasteiger partial charge is 0.342 e. The van der Waals surface area contributed by atoms with Crippen molar-refractivity contribution in [2.24, 2.45) is 0 Å². The van der Waals surface area contributed by atoms with Crippen LogP contribution in [0.5, 0.6) is 5.75 Å². The van der Waals surface area contributed by atoms with Crippen molar-refractivity contribution in [2.75, 3.05) is 6.61 Å². The van der Waals surface area contributed by atoms with Crippen molar-refractivity contribution in [1.29, 1.82) is 0 Å². The molecule has 0 N–H and O–H groups in total. The Balaban J connectivity index is 1.71. The minimum atomic E-state index is -0.434. The molecule has 6 heteroatoms. The summed E-state index contributed by atoms with van der Waals surface area (Å²) in [4.78, 5) is 12.7. The summed E-state index contributed by atoms with van der Waals surface area (Å²) < 4.78 is 17.2. The van der Waals surface area contributed by atoms with E-state index >= 15 is 0 Å². The molecule has 0 spiro atoms. The molecule has 0 fully saturated rings. The Hall–Kier alpha value is -2.95. The zero-order valence-electron chi connectivity index (χ0n) is 16.2. The number of benzene rings is 3. The van der Waals surface area contributed by atoms with E-state index in [1.54, 1.807) is 37.3 Å². The van der Waals surface area contributed by atoms with E-state index in [1.807, 2.05) is 36.4 Å². The Morgan fingerprint density at radius 3 is 2.50 bits per heavy atom. The number of carbonyl (C=O) groups is 1. The minimum Gasteiger partial charge on any atom is -0.489 e. The van der Waals surface area contributed by atoms with Crippen LogP contribution in [0.15, 0.2) is 71.1 Å². The number of fused-ring (bicyclic) bond motifs is 1. The van der Waals surface area contributed by atoms with Crippen molar-refractivity contribution in [3.8, 4) is 17.1 Å². The van der Waals surface area contributed by atoms with Gasteiger partial charge in [0.1, 0.15) is 29.3 Å². The molecule has 0 aliphatic rings. The van der Waals surface area contributed by atoms with E-state index in [0.717, 1.165) is 11.1 Å². The van der Waals surface area contributed by atoms with Crippen molar-refractivity contribution in [3.05, 3.63) is 87.9 Å². The molecular weight excluding hydrogens is 423 g/mol. The fraction of sp³-hybridized carbons (Fsp3) is 0.125. The standard InChI is InChI=1S/C24H18Cl2O4/c1-2-28-24(27)22-18-13-17(29-14-15-8-10-19(25)20(26)12-15)9-11-21(18)30-23(22)16-6-4-3-5-7-16/h3-13H,2,14H2,1H3. The third kappa shape index (κ3) is 4.16. The number of ether oxygens (including phenoxy) is 2. The number of furan rings is 1. The maximum Gasteiger partial charge on any atom is 0.342 e. The van der Waals surface area contributed by atoms with E-state index in [1.165, 1.54) is 0 Å². The largest absolute Gasteiger partial charge is 0.489 e. The molecule has 30 heavy (non-hydrogen) atoms. The Morgan fingerprint density at radius 2 is 1.77 bits per heavy atom. The van der Waals surface area contributed by atoms with Gasteiger partial charge in [-0.05, 0) is 42.8 Å². The molecule has 0 amide bonds. The van der Waals surface area contributed by atoms with Crippen molar-refractivity contribution in [1.82, 2.24) is 0 Å². The topological polar surface area (TPSA) is 48.7 Å². The van der Waals surface area contributed by atoms with Gasteiger partial charge in [0.15, 0.2) is 0 Å². The van der Waals surface area contributed by atoms with Gasteiger partial charge in [-0.1, -0.05) is 59.6 Å². The molecule has 1 heterocycles. The average molecular weight is 441 g/mol. The van der Waals surface area contributed by atoms with Gasteiger partial charge in [0, 0.05) is 10.9 Å². The number of halogens is 2. The lowest BCUT2D eigenvalue weighted by Crippen LogP contribution is -2.05. The van der Waals surface area contributed by atoms with Crippen LogP contribution in [0.25, 0.3) is 22.3 Å². The van der Waals surface area contributed by atoms with Crippen LogP contribution < -0.4 is 4.74 Å². The molecule has 152 valence electrons. The second kappa shape index (κ2) is 8.82. The quantitative estimate of drug-likeness (QED) is 0.298. The second-order valence-corrected chi connectivity index (χ2v) is 7.40. The minimum absolute atomic E-state index is 0.271. The van der Waals surface area contributed by atoms with E-state index in [-0.39, 0.29) is 6.61 Å². The lowest BCUT2D eigenvalue weighted by molar-refractivity contribution is 0.0529. The van der Waals surface area contributed by atoms with Gasteiger partial charge in [-0.25, -0.2) is 4.79 Å². The number of hydrogen-bond donors (Lipinski definition) is 0. The normalized spacial score (nSPS) is 10.9. The summed E-state index contributed by atoms with van der Waals surface area (Å²) in [6.07, 6.45) is 0. The molecule has 4 nitrogen and oxygen atoms in total. The SMILES string of the molecule is CCOC(=O)c1c(-c2ccccc2)oc2ccc(OCc3ccc(Cl)c(Cl)c3)cc12. The second-order valence-electron chi connectivity index (χ2n) is 6.59. The molecule has 0 radical (unpaired) electrons. The predicted molar refractivity (Wildman–Crippen MR) is 118 cm³/mol. The van der Waals surface area contributed by atoms with E-state index in [0.29, 0.717) is 44.7 Å². The van der Waals surface area contributed by atoms with E-state index < -0.39 is 5.97 Å².